The number of benzene rings is 1. The fourth-order valence-corrected chi connectivity index (χ4v) is 2.49. The molecule has 1 saturated heterocycles. The predicted octanol–water partition coefficient (Wildman–Crippen LogP) is 1.63. The first-order chi connectivity index (χ1) is 9.49. The van der Waals surface area contributed by atoms with E-state index in [9.17, 15) is 9.59 Å². The van der Waals surface area contributed by atoms with Crippen LogP contribution in [0.25, 0.3) is 0 Å². The Bertz CT molecular complexity index is 542. The molecule has 0 aliphatic carbocycles. The number of rotatable bonds is 3. The summed E-state index contributed by atoms with van der Waals surface area (Å²) in [5.74, 6) is 0.368. The molecule has 5 heteroatoms. The molecule has 2 rings (SSSR count). The molecule has 1 fully saturated rings. The van der Waals surface area contributed by atoms with E-state index in [1.165, 1.54) is 0 Å². The molecule has 5 nitrogen and oxygen atoms in total. The number of aryl methyl sites for hydroxylation is 1. The minimum Gasteiger partial charge on any atom is -0.495 e. The number of nitrogens with one attached hydrogen (secondary N) is 1. The van der Waals surface area contributed by atoms with Crippen molar-refractivity contribution in [1.29, 1.82) is 0 Å². The van der Waals surface area contributed by atoms with E-state index in [4.69, 9.17) is 4.74 Å². The number of amides is 2. The highest BCUT2D eigenvalue weighted by Crippen LogP contribution is 2.33. The van der Waals surface area contributed by atoms with Crippen LogP contribution in [0.1, 0.15) is 25.8 Å². The van der Waals surface area contributed by atoms with E-state index in [-0.39, 0.29) is 11.8 Å². The molecule has 1 aliphatic heterocycles. The summed E-state index contributed by atoms with van der Waals surface area (Å²) in [5.41, 5.74) is 1.67. The molecule has 0 spiro atoms. The number of hydrogen-bond acceptors (Lipinski definition) is 3. The van der Waals surface area contributed by atoms with Crippen molar-refractivity contribution in [3.63, 3.8) is 0 Å². The van der Waals surface area contributed by atoms with E-state index in [2.05, 4.69) is 5.32 Å². The highest BCUT2D eigenvalue weighted by atomic mass is 16.5. The minimum atomic E-state index is -0.518. The summed E-state index contributed by atoms with van der Waals surface area (Å²) in [7, 11) is 1.56. The van der Waals surface area contributed by atoms with Crippen LogP contribution >= 0.6 is 0 Å². The van der Waals surface area contributed by atoms with Gasteiger partial charge in [0.25, 0.3) is 0 Å². The van der Waals surface area contributed by atoms with Gasteiger partial charge in [-0.2, -0.15) is 0 Å². The van der Waals surface area contributed by atoms with Gasteiger partial charge in [-0.25, -0.2) is 0 Å². The van der Waals surface area contributed by atoms with Crippen LogP contribution in [-0.4, -0.2) is 31.0 Å². The van der Waals surface area contributed by atoms with Crippen LogP contribution in [0.5, 0.6) is 5.75 Å². The van der Waals surface area contributed by atoms with Crippen LogP contribution < -0.4 is 15.0 Å². The summed E-state index contributed by atoms with van der Waals surface area (Å²) in [6, 6.07) is 4.61. The zero-order valence-electron chi connectivity index (χ0n) is 12.3. The van der Waals surface area contributed by atoms with Crippen LogP contribution in [0.15, 0.2) is 18.2 Å². The molecule has 1 heterocycles. The second-order valence-corrected chi connectivity index (χ2v) is 5.04. The van der Waals surface area contributed by atoms with Gasteiger partial charge >= 0.3 is 0 Å². The average molecular weight is 276 g/mol. The first-order valence-corrected chi connectivity index (χ1v) is 6.77. The Morgan fingerprint density at radius 3 is 2.65 bits per heavy atom. The van der Waals surface area contributed by atoms with Gasteiger partial charge < -0.3 is 10.1 Å². The van der Waals surface area contributed by atoms with Gasteiger partial charge in [-0.05, 0) is 38.0 Å². The Hall–Kier alpha value is -2.04. The Labute approximate surface area is 118 Å². The quantitative estimate of drug-likeness (QED) is 0.913. The first kappa shape index (κ1) is 14.4. The summed E-state index contributed by atoms with van der Waals surface area (Å²) < 4.78 is 5.34. The van der Waals surface area contributed by atoms with Crippen molar-refractivity contribution in [3.05, 3.63) is 23.8 Å². The van der Waals surface area contributed by atoms with Gasteiger partial charge in [-0.15, -0.1) is 0 Å². The molecule has 0 radical (unpaired) electrons. The van der Waals surface area contributed by atoms with E-state index in [0.717, 1.165) is 5.56 Å². The molecule has 2 atom stereocenters. The SMILES string of the molecule is CCC1C(=O)NC(C)C(=O)N1c1cc(C)ccc1OC. The molecule has 108 valence electrons. The highest BCUT2D eigenvalue weighted by molar-refractivity contribution is 6.08. The average Bonchev–Trinajstić information content (AvgIpc) is 2.42. The molecule has 1 aromatic rings. The van der Waals surface area contributed by atoms with Gasteiger partial charge in [-0.3, -0.25) is 14.5 Å². The first-order valence-electron chi connectivity index (χ1n) is 6.77. The van der Waals surface area contributed by atoms with Crippen molar-refractivity contribution in [3.8, 4) is 5.75 Å². The third-order valence-corrected chi connectivity index (χ3v) is 3.56. The van der Waals surface area contributed by atoms with Crippen LogP contribution in [-0.2, 0) is 9.59 Å². The molecule has 0 bridgehead atoms. The van der Waals surface area contributed by atoms with Gasteiger partial charge in [0.05, 0.1) is 12.8 Å². The smallest absolute Gasteiger partial charge is 0.250 e. The Morgan fingerprint density at radius 1 is 1.35 bits per heavy atom. The maximum Gasteiger partial charge on any atom is 0.250 e. The fourth-order valence-electron chi connectivity index (χ4n) is 2.49. The van der Waals surface area contributed by atoms with Crippen molar-refractivity contribution in [2.45, 2.75) is 39.3 Å². The third kappa shape index (κ3) is 2.35. The lowest BCUT2D eigenvalue weighted by molar-refractivity contribution is -0.133. The van der Waals surface area contributed by atoms with Crippen LogP contribution in [0, 0.1) is 6.92 Å². The summed E-state index contributed by atoms with van der Waals surface area (Å²) in [5, 5.41) is 2.71. The second-order valence-electron chi connectivity index (χ2n) is 5.04. The number of methoxy groups -OCH3 is 1. The van der Waals surface area contributed by atoms with Crippen LogP contribution in [0.4, 0.5) is 5.69 Å². The number of carbonyl (C=O) groups is 2. The van der Waals surface area contributed by atoms with Gasteiger partial charge in [-0.1, -0.05) is 13.0 Å². The molecule has 20 heavy (non-hydrogen) atoms. The number of piperazine rings is 1. The molecule has 2 amide bonds. The lowest BCUT2D eigenvalue weighted by Crippen LogP contribution is -2.62. The normalized spacial score (nSPS) is 22.7. The Balaban J connectivity index is 2.54. The molecule has 1 N–H and O–H groups in total. The number of anilines is 1. The number of carbonyl (C=O) groups excluding carboxylic acids is 2. The second kappa shape index (κ2) is 5.53. The molecular formula is C15H20N2O3. The lowest BCUT2D eigenvalue weighted by atomic mass is 10.0. The number of ether oxygens (including phenoxy) is 1. The van der Waals surface area contributed by atoms with E-state index < -0.39 is 12.1 Å². The molecule has 0 aromatic heterocycles. The van der Waals surface area contributed by atoms with Gasteiger partial charge in [0.15, 0.2) is 0 Å². The monoisotopic (exact) mass is 276 g/mol. The third-order valence-electron chi connectivity index (χ3n) is 3.56. The lowest BCUT2D eigenvalue weighted by Gasteiger charge is -2.38. The standard InChI is InChI=1S/C15H20N2O3/c1-5-11-14(18)16-10(3)15(19)17(11)12-8-9(2)6-7-13(12)20-4/h6-8,10-11H,5H2,1-4H3,(H,16,18). The zero-order valence-corrected chi connectivity index (χ0v) is 12.3. The van der Waals surface area contributed by atoms with E-state index in [0.29, 0.717) is 17.9 Å². The van der Waals surface area contributed by atoms with Crippen molar-refractivity contribution in [2.75, 3.05) is 12.0 Å². The van der Waals surface area contributed by atoms with Gasteiger partial charge in [0.2, 0.25) is 11.8 Å². The molecular weight excluding hydrogens is 256 g/mol. The van der Waals surface area contributed by atoms with Crippen molar-refractivity contribution in [2.24, 2.45) is 0 Å². The summed E-state index contributed by atoms with van der Waals surface area (Å²) in [4.78, 5) is 26.1. The predicted molar refractivity (Wildman–Crippen MR) is 76.9 cm³/mol. The van der Waals surface area contributed by atoms with Crippen molar-refractivity contribution in [1.82, 2.24) is 5.32 Å². The molecule has 1 aromatic carbocycles. The van der Waals surface area contributed by atoms with Crippen molar-refractivity contribution < 1.29 is 14.3 Å². The summed E-state index contributed by atoms with van der Waals surface area (Å²) in [6.07, 6.45) is 0.557. The summed E-state index contributed by atoms with van der Waals surface area (Å²) in [6.45, 7) is 5.53. The number of hydrogen-bond donors (Lipinski definition) is 1. The highest BCUT2D eigenvalue weighted by Gasteiger charge is 2.39. The van der Waals surface area contributed by atoms with Crippen molar-refractivity contribution >= 4 is 17.5 Å². The van der Waals surface area contributed by atoms with E-state index in [1.807, 2.05) is 32.0 Å². The molecule has 2 unspecified atom stereocenters. The molecule has 0 saturated carbocycles. The largest absolute Gasteiger partial charge is 0.495 e. The topological polar surface area (TPSA) is 58.6 Å². The zero-order chi connectivity index (χ0) is 14.9. The fraction of sp³-hybridized carbons (Fsp3) is 0.467. The summed E-state index contributed by atoms with van der Waals surface area (Å²) >= 11 is 0. The molecule has 1 aliphatic rings. The van der Waals surface area contributed by atoms with E-state index in [1.54, 1.807) is 18.9 Å². The Kier molecular flexibility index (Phi) is 3.97. The van der Waals surface area contributed by atoms with Crippen LogP contribution in [0.2, 0.25) is 0 Å². The maximum atomic E-state index is 12.5. The van der Waals surface area contributed by atoms with Gasteiger partial charge in [0, 0.05) is 0 Å². The number of nitrogens with zero attached hydrogens (tertiary/aromatic N) is 1. The van der Waals surface area contributed by atoms with E-state index >= 15 is 0 Å². The maximum absolute atomic E-state index is 12.5. The Morgan fingerprint density at radius 2 is 2.05 bits per heavy atom. The minimum absolute atomic E-state index is 0.111. The van der Waals surface area contributed by atoms with Crippen LogP contribution in [0.3, 0.4) is 0 Å². The van der Waals surface area contributed by atoms with Gasteiger partial charge in [0.1, 0.15) is 17.8 Å².